The Hall–Kier alpha value is -1.38. The fraction of sp³-hybridized carbons (Fsp3) is 0.400. The second kappa shape index (κ2) is 4.03. The van der Waals surface area contributed by atoms with Crippen molar-refractivity contribution in [2.24, 2.45) is 0 Å². The van der Waals surface area contributed by atoms with E-state index in [4.69, 9.17) is 5.41 Å². The lowest BCUT2D eigenvalue weighted by Gasteiger charge is -2.11. The van der Waals surface area contributed by atoms with Crippen molar-refractivity contribution in [3.05, 3.63) is 23.4 Å². The molecule has 3 heteroatoms. The summed E-state index contributed by atoms with van der Waals surface area (Å²) in [6.07, 6.45) is 3.13. The summed E-state index contributed by atoms with van der Waals surface area (Å²) in [4.78, 5) is 4.23. The zero-order valence-electron chi connectivity index (χ0n) is 8.26. The number of pyridine rings is 1. The number of nitrogens with one attached hydrogen (secondary N) is 2. The first kappa shape index (κ1) is 9.71. The maximum absolute atomic E-state index is 7.22. The number of aromatic nitrogens is 1. The second-order valence-corrected chi connectivity index (χ2v) is 3.39. The van der Waals surface area contributed by atoms with E-state index in [-0.39, 0.29) is 0 Å². The van der Waals surface area contributed by atoms with Crippen LogP contribution in [0.4, 0.5) is 5.82 Å². The van der Waals surface area contributed by atoms with Gasteiger partial charge in [-0.05, 0) is 32.4 Å². The van der Waals surface area contributed by atoms with Gasteiger partial charge in [0.1, 0.15) is 5.82 Å². The Morgan fingerprint density at radius 1 is 1.54 bits per heavy atom. The van der Waals surface area contributed by atoms with Crippen LogP contribution in [0, 0.1) is 12.3 Å². The molecule has 0 fully saturated rings. The zero-order chi connectivity index (χ0) is 9.84. The first-order valence-corrected chi connectivity index (χ1v) is 4.37. The van der Waals surface area contributed by atoms with Crippen molar-refractivity contribution in [2.75, 3.05) is 5.32 Å². The Kier molecular flexibility index (Phi) is 3.01. The average molecular weight is 177 g/mol. The molecule has 0 aromatic carbocycles. The van der Waals surface area contributed by atoms with Gasteiger partial charge in [0, 0.05) is 24.0 Å². The van der Waals surface area contributed by atoms with Gasteiger partial charge in [0.05, 0.1) is 0 Å². The summed E-state index contributed by atoms with van der Waals surface area (Å²) in [6.45, 7) is 6.07. The molecule has 0 aliphatic rings. The molecule has 0 aliphatic carbocycles. The van der Waals surface area contributed by atoms with Crippen LogP contribution < -0.4 is 5.32 Å². The van der Waals surface area contributed by atoms with Crippen LogP contribution in [-0.2, 0) is 0 Å². The SMILES string of the molecule is Cc1cnc(NC(C)C)c(C=N)c1. The van der Waals surface area contributed by atoms with Gasteiger partial charge in [-0.25, -0.2) is 4.98 Å². The lowest BCUT2D eigenvalue weighted by molar-refractivity contribution is 0.888. The van der Waals surface area contributed by atoms with Crippen LogP contribution in [0.5, 0.6) is 0 Å². The molecule has 0 radical (unpaired) electrons. The molecule has 3 nitrogen and oxygen atoms in total. The molecule has 0 atom stereocenters. The van der Waals surface area contributed by atoms with Gasteiger partial charge in [0.15, 0.2) is 0 Å². The highest BCUT2D eigenvalue weighted by Gasteiger charge is 2.02. The molecule has 1 rings (SSSR count). The van der Waals surface area contributed by atoms with Crippen molar-refractivity contribution >= 4 is 12.0 Å². The predicted molar refractivity (Wildman–Crippen MR) is 55.6 cm³/mol. The molecule has 1 aromatic heterocycles. The van der Waals surface area contributed by atoms with E-state index in [1.807, 2.05) is 13.0 Å². The summed E-state index contributed by atoms with van der Waals surface area (Å²) in [5, 5.41) is 10.4. The maximum atomic E-state index is 7.22. The topological polar surface area (TPSA) is 48.8 Å². The van der Waals surface area contributed by atoms with Gasteiger partial charge in [0.25, 0.3) is 0 Å². The van der Waals surface area contributed by atoms with Gasteiger partial charge < -0.3 is 10.7 Å². The Morgan fingerprint density at radius 2 is 2.23 bits per heavy atom. The number of aryl methyl sites for hydroxylation is 1. The summed E-state index contributed by atoms with van der Waals surface area (Å²) in [7, 11) is 0. The first-order chi connectivity index (χ1) is 6.13. The highest BCUT2D eigenvalue weighted by atomic mass is 15.0. The van der Waals surface area contributed by atoms with Crippen molar-refractivity contribution in [3.63, 3.8) is 0 Å². The Labute approximate surface area is 78.7 Å². The molecular weight excluding hydrogens is 162 g/mol. The molecule has 1 aromatic rings. The molecule has 1 heterocycles. The van der Waals surface area contributed by atoms with Crippen molar-refractivity contribution < 1.29 is 0 Å². The van der Waals surface area contributed by atoms with Crippen molar-refractivity contribution in [2.45, 2.75) is 26.8 Å². The largest absolute Gasteiger partial charge is 0.367 e. The smallest absolute Gasteiger partial charge is 0.134 e. The van der Waals surface area contributed by atoms with Gasteiger partial charge in [-0.1, -0.05) is 0 Å². The Bertz CT molecular complexity index is 305. The number of hydrogen-bond donors (Lipinski definition) is 2. The molecule has 13 heavy (non-hydrogen) atoms. The first-order valence-electron chi connectivity index (χ1n) is 4.37. The highest BCUT2D eigenvalue weighted by Crippen LogP contribution is 2.12. The predicted octanol–water partition coefficient (Wildman–Crippen LogP) is 2.21. The molecule has 0 amide bonds. The van der Waals surface area contributed by atoms with Crippen molar-refractivity contribution in [1.82, 2.24) is 4.98 Å². The summed E-state index contributed by atoms with van der Waals surface area (Å²) in [6, 6.07) is 2.29. The molecule has 0 spiro atoms. The van der Waals surface area contributed by atoms with Crippen LogP contribution in [0.2, 0.25) is 0 Å². The minimum atomic E-state index is 0.342. The monoisotopic (exact) mass is 177 g/mol. The summed E-state index contributed by atoms with van der Waals surface area (Å²) < 4.78 is 0. The van der Waals surface area contributed by atoms with E-state index in [1.165, 1.54) is 6.21 Å². The number of hydrogen-bond acceptors (Lipinski definition) is 3. The number of rotatable bonds is 3. The van der Waals surface area contributed by atoms with E-state index in [2.05, 4.69) is 24.1 Å². The van der Waals surface area contributed by atoms with Crippen molar-refractivity contribution in [1.29, 1.82) is 5.41 Å². The average Bonchev–Trinajstić information content (AvgIpc) is 2.07. The van der Waals surface area contributed by atoms with E-state index in [0.717, 1.165) is 16.9 Å². The van der Waals surface area contributed by atoms with Gasteiger partial charge in [-0.2, -0.15) is 0 Å². The van der Waals surface area contributed by atoms with Crippen molar-refractivity contribution in [3.8, 4) is 0 Å². The zero-order valence-corrected chi connectivity index (χ0v) is 8.26. The van der Waals surface area contributed by atoms with E-state index < -0.39 is 0 Å². The minimum Gasteiger partial charge on any atom is -0.367 e. The van der Waals surface area contributed by atoms with Crippen LogP contribution in [0.1, 0.15) is 25.0 Å². The second-order valence-electron chi connectivity index (χ2n) is 3.39. The van der Waals surface area contributed by atoms with Gasteiger partial charge in [-0.3, -0.25) is 0 Å². The molecular formula is C10H15N3. The number of anilines is 1. The van der Waals surface area contributed by atoms with Crippen LogP contribution in [-0.4, -0.2) is 17.2 Å². The van der Waals surface area contributed by atoms with E-state index >= 15 is 0 Å². The lowest BCUT2D eigenvalue weighted by Crippen LogP contribution is -2.12. The van der Waals surface area contributed by atoms with Crippen LogP contribution >= 0.6 is 0 Å². The Morgan fingerprint density at radius 3 is 2.77 bits per heavy atom. The molecule has 70 valence electrons. The van der Waals surface area contributed by atoms with Crippen LogP contribution in [0.15, 0.2) is 12.3 Å². The molecule has 0 unspecified atom stereocenters. The lowest BCUT2D eigenvalue weighted by atomic mass is 10.2. The third-order valence-electron chi connectivity index (χ3n) is 1.63. The summed E-state index contributed by atoms with van der Waals surface area (Å²) in [5.41, 5.74) is 1.92. The van der Waals surface area contributed by atoms with Gasteiger partial charge in [-0.15, -0.1) is 0 Å². The normalized spacial score (nSPS) is 10.2. The standard InChI is InChI=1S/C10H15N3/c1-7(2)13-10-9(5-11)4-8(3)6-12-10/h4-7,11H,1-3H3,(H,12,13). The third-order valence-corrected chi connectivity index (χ3v) is 1.63. The summed E-state index contributed by atoms with van der Waals surface area (Å²) >= 11 is 0. The van der Waals surface area contributed by atoms with Gasteiger partial charge in [0.2, 0.25) is 0 Å². The number of nitrogens with zero attached hydrogens (tertiary/aromatic N) is 1. The fourth-order valence-electron chi connectivity index (χ4n) is 1.10. The van der Waals surface area contributed by atoms with E-state index in [0.29, 0.717) is 6.04 Å². The van der Waals surface area contributed by atoms with Crippen LogP contribution in [0.3, 0.4) is 0 Å². The summed E-state index contributed by atoms with van der Waals surface area (Å²) in [5.74, 6) is 0.788. The third kappa shape index (κ3) is 2.54. The Balaban J connectivity index is 2.99. The van der Waals surface area contributed by atoms with Crippen LogP contribution in [0.25, 0.3) is 0 Å². The van der Waals surface area contributed by atoms with E-state index in [1.54, 1.807) is 6.20 Å². The van der Waals surface area contributed by atoms with Gasteiger partial charge >= 0.3 is 0 Å². The minimum absolute atomic E-state index is 0.342. The fourth-order valence-corrected chi connectivity index (χ4v) is 1.10. The molecule has 0 aliphatic heterocycles. The molecule has 2 N–H and O–H groups in total. The molecule has 0 saturated heterocycles. The highest BCUT2D eigenvalue weighted by molar-refractivity contribution is 5.84. The quantitative estimate of drug-likeness (QED) is 0.695. The molecule has 0 saturated carbocycles. The van der Waals surface area contributed by atoms with E-state index in [9.17, 15) is 0 Å². The molecule has 0 bridgehead atoms. The maximum Gasteiger partial charge on any atom is 0.134 e.